The summed E-state index contributed by atoms with van der Waals surface area (Å²) in [7, 11) is 0. The Hall–Kier alpha value is -1.34. The second kappa shape index (κ2) is 5.83. The lowest BCUT2D eigenvalue weighted by Crippen LogP contribution is -3.00. The molecule has 0 saturated carbocycles. The number of pyridine rings is 1. The molecule has 2 aromatic rings. The average Bonchev–Trinajstić information content (AvgIpc) is 2.33. The molecular weight excluding hydrogens is 230 g/mol. The van der Waals surface area contributed by atoms with E-state index in [2.05, 4.69) is 74.1 Å². The predicted octanol–water partition coefficient (Wildman–Crippen LogP) is 0.204. The van der Waals surface area contributed by atoms with E-state index < -0.39 is 0 Å². The van der Waals surface area contributed by atoms with Crippen LogP contribution in [0.2, 0.25) is 0 Å². The van der Waals surface area contributed by atoms with Crippen molar-refractivity contribution in [3.63, 3.8) is 0 Å². The number of aryl methyl sites for hydroxylation is 2. The minimum absolute atomic E-state index is 0. The molecule has 17 heavy (non-hydrogen) atoms. The molecule has 0 aliphatic carbocycles. The van der Waals surface area contributed by atoms with Crippen LogP contribution >= 0.6 is 0 Å². The molecule has 0 N–H and O–H groups in total. The van der Waals surface area contributed by atoms with Crippen molar-refractivity contribution in [2.75, 3.05) is 0 Å². The maximum atomic E-state index is 2.26. The summed E-state index contributed by atoms with van der Waals surface area (Å²) in [6.45, 7) is 6.53. The summed E-state index contributed by atoms with van der Waals surface area (Å²) in [5.41, 5.74) is 4.03. The van der Waals surface area contributed by atoms with Crippen molar-refractivity contribution < 1.29 is 17.0 Å². The van der Waals surface area contributed by atoms with Crippen LogP contribution in [0.4, 0.5) is 0 Å². The van der Waals surface area contributed by atoms with E-state index in [0.717, 1.165) is 0 Å². The first kappa shape index (κ1) is 13.7. The van der Waals surface area contributed by atoms with Gasteiger partial charge in [-0.25, -0.2) is 0 Å². The lowest BCUT2D eigenvalue weighted by molar-refractivity contribution is -0.710. The Morgan fingerprint density at radius 2 is 1.59 bits per heavy atom. The molecule has 1 atom stereocenters. The first-order chi connectivity index (χ1) is 7.68. The van der Waals surface area contributed by atoms with E-state index in [1.807, 2.05) is 0 Å². The van der Waals surface area contributed by atoms with E-state index in [0.29, 0.717) is 6.04 Å². The molecule has 1 aromatic carbocycles. The quantitative estimate of drug-likeness (QED) is 0.668. The minimum Gasteiger partial charge on any atom is -1.00 e. The summed E-state index contributed by atoms with van der Waals surface area (Å²) in [6.07, 6.45) is 4.37. The molecule has 2 rings (SSSR count). The van der Waals surface area contributed by atoms with Crippen molar-refractivity contribution in [3.05, 3.63) is 65.5 Å². The third-order valence-electron chi connectivity index (χ3n) is 3.19. The topological polar surface area (TPSA) is 3.88 Å². The molecule has 0 radical (unpaired) electrons. The maximum Gasteiger partial charge on any atom is 0.180 e. The molecule has 0 aliphatic rings. The van der Waals surface area contributed by atoms with Crippen LogP contribution in [0.15, 0.2) is 48.8 Å². The van der Waals surface area contributed by atoms with Crippen LogP contribution in [0.25, 0.3) is 0 Å². The summed E-state index contributed by atoms with van der Waals surface area (Å²) in [6, 6.07) is 13.1. The number of rotatable bonds is 2. The van der Waals surface area contributed by atoms with Crippen LogP contribution in [0.1, 0.15) is 29.7 Å². The van der Waals surface area contributed by atoms with Gasteiger partial charge in [-0.15, -0.1) is 0 Å². The van der Waals surface area contributed by atoms with Crippen LogP contribution in [0.5, 0.6) is 0 Å². The average molecular weight is 248 g/mol. The monoisotopic (exact) mass is 247 g/mol. The van der Waals surface area contributed by atoms with Crippen LogP contribution in [-0.4, -0.2) is 0 Å². The van der Waals surface area contributed by atoms with E-state index in [4.69, 9.17) is 0 Å². The molecule has 0 saturated heterocycles. The molecule has 0 spiro atoms. The van der Waals surface area contributed by atoms with Crippen molar-refractivity contribution in [2.24, 2.45) is 0 Å². The zero-order valence-corrected chi connectivity index (χ0v) is 11.3. The highest BCUT2D eigenvalue weighted by Crippen LogP contribution is 2.12. The molecule has 0 bridgehead atoms. The summed E-state index contributed by atoms with van der Waals surface area (Å²) in [5, 5.41) is 0. The van der Waals surface area contributed by atoms with E-state index in [9.17, 15) is 0 Å². The van der Waals surface area contributed by atoms with Crippen LogP contribution in [0.3, 0.4) is 0 Å². The summed E-state index contributed by atoms with van der Waals surface area (Å²) in [4.78, 5) is 0. The largest absolute Gasteiger partial charge is 1.00 e. The van der Waals surface area contributed by atoms with Gasteiger partial charge in [0.25, 0.3) is 0 Å². The fourth-order valence-corrected chi connectivity index (χ4v) is 1.84. The second-order valence-electron chi connectivity index (χ2n) is 4.34. The molecule has 2 heteroatoms. The number of nitrogens with zero attached hydrogens (tertiary/aromatic N) is 1. The van der Waals surface area contributed by atoms with Gasteiger partial charge >= 0.3 is 0 Å². The van der Waals surface area contributed by atoms with Crippen molar-refractivity contribution >= 4 is 0 Å². The zero-order valence-electron chi connectivity index (χ0n) is 10.5. The molecular formula is C15H18ClN. The first-order valence-corrected chi connectivity index (χ1v) is 5.71. The Morgan fingerprint density at radius 1 is 0.941 bits per heavy atom. The first-order valence-electron chi connectivity index (χ1n) is 5.71. The van der Waals surface area contributed by atoms with E-state index in [1.165, 1.54) is 16.7 Å². The number of benzene rings is 1. The number of hydrogen-bond acceptors (Lipinski definition) is 0. The molecule has 90 valence electrons. The Kier molecular flexibility index (Phi) is 4.71. The van der Waals surface area contributed by atoms with Gasteiger partial charge in [0.05, 0.1) is 0 Å². The maximum absolute atomic E-state index is 2.26. The summed E-state index contributed by atoms with van der Waals surface area (Å²) < 4.78 is 2.26. The fraction of sp³-hybridized carbons (Fsp3) is 0.267. The lowest BCUT2D eigenvalue weighted by atomic mass is 10.1. The van der Waals surface area contributed by atoms with E-state index in [1.54, 1.807) is 0 Å². The Balaban J connectivity index is 0.00000144. The smallest absolute Gasteiger partial charge is 0.180 e. The van der Waals surface area contributed by atoms with Crippen LogP contribution in [-0.2, 0) is 0 Å². The summed E-state index contributed by atoms with van der Waals surface area (Å²) >= 11 is 0. The normalized spacial score (nSPS) is 11.7. The van der Waals surface area contributed by atoms with Crippen molar-refractivity contribution in [1.82, 2.24) is 0 Å². The molecule has 0 unspecified atom stereocenters. The van der Waals surface area contributed by atoms with E-state index in [-0.39, 0.29) is 12.4 Å². The highest BCUT2D eigenvalue weighted by molar-refractivity contribution is 5.19. The van der Waals surface area contributed by atoms with Crippen LogP contribution < -0.4 is 17.0 Å². The predicted molar refractivity (Wildman–Crippen MR) is 66.4 cm³/mol. The SMILES string of the molecule is Cc1cc[n+]([C@H](C)c2ccccc2)cc1C.[Cl-]. The van der Waals surface area contributed by atoms with Gasteiger partial charge in [0, 0.05) is 24.1 Å². The molecule has 1 nitrogen and oxygen atoms in total. The van der Waals surface area contributed by atoms with Crippen molar-refractivity contribution in [2.45, 2.75) is 26.8 Å². The lowest BCUT2D eigenvalue weighted by Gasteiger charge is -2.08. The van der Waals surface area contributed by atoms with Crippen molar-refractivity contribution in [3.8, 4) is 0 Å². The number of aromatic nitrogens is 1. The van der Waals surface area contributed by atoms with Gasteiger partial charge in [0.2, 0.25) is 0 Å². The van der Waals surface area contributed by atoms with Crippen molar-refractivity contribution in [1.29, 1.82) is 0 Å². The van der Waals surface area contributed by atoms with Gasteiger partial charge in [-0.3, -0.25) is 0 Å². The number of halogens is 1. The van der Waals surface area contributed by atoms with Crippen LogP contribution in [0, 0.1) is 13.8 Å². The van der Waals surface area contributed by atoms with Gasteiger partial charge in [-0.05, 0) is 19.4 Å². The molecule has 0 amide bonds. The second-order valence-corrected chi connectivity index (χ2v) is 4.34. The highest BCUT2D eigenvalue weighted by atomic mass is 35.5. The minimum atomic E-state index is 0. The standard InChI is InChI=1S/C15H18N.ClH/c1-12-9-10-16(11-13(12)2)14(3)15-7-5-4-6-8-15;/h4-11,14H,1-3H3;1H/q+1;/p-1/t14-;/m1./s1. The molecule has 1 heterocycles. The van der Waals surface area contributed by atoms with Gasteiger partial charge in [0.15, 0.2) is 18.4 Å². The third-order valence-corrected chi connectivity index (χ3v) is 3.19. The van der Waals surface area contributed by atoms with Gasteiger partial charge in [0.1, 0.15) is 0 Å². The molecule has 0 fully saturated rings. The van der Waals surface area contributed by atoms with E-state index >= 15 is 0 Å². The Morgan fingerprint density at radius 3 is 2.18 bits per heavy atom. The van der Waals surface area contributed by atoms with Gasteiger partial charge < -0.3 is 12.4 Å². The number of hydrogen-bond donors (Lipinski definition) is 0. The third kappa shape index (κ3) is 3.07. The summed E-state index contributed by atoms with van der Waals surface area (Å²) in [5.74, 6) is 0. The zero-order chi connectivity index (χ0) is 11.5. The highest BCUT2D eigenvalue weighted by Gasteiger charge is 2.14. The Bertz CT molecular complexity index is 480. The molecule has 0 aliphatic heterocycles. The Labute approximate surface area is 110 Å². The fourth-order valence-electron chi connectivity index (χ4n) is 1.84. The molecule has 1 aromatic heterocycles. The van der Waals surface area contributed by atoms with Gasteiger partial charge in [-0.2, -0.15) is 4.57 Å². The van der Waals surface area contributed by atoms with Gasteiger partial charge in [-0.1, -0.05) is 30.3 Å².